The molecule has 4 aromatic rings. The number of anilines is 1. The lowest BCUT2D eigenvalue weighted by Crippen LogP contribution is -2.21. The van der Waals surface area contributed by atoms with Crippen molar-refractivity contribution in [1.82, 2.24) is 20.1 Å². The van der Waals surface area contributed by atoms with E-state index in [4.69, 9.17) is 23.2 Å². The zero-order valence-corrected chi connectivity index (χ0v) is 19.5. The summed E-state index contributed by atoms with van der Waals surface area (Å²) in [6, 6.07) is 7.88. The molecule has 0 fully saturated rings. The Morgan fingerprint density at radius 2 is 1.91 bits per heavy atom. The van der Waals surface area contributed by atoms with Crippen LogP contribution < -0.4 is 10.6 Å². The van der Waals surface area contributed by atoms with Crippen LogP contribution in [0.2, 0.25) is 10.0 Å². The van der Waals surface area contributed by atoms with Gasteiger partial charge in [-0.05, 0) is 42.5 Å². The maximum atomic E-state index is 14.1. The first-order valence-corrected chi connectivity index (χ1v) is 11.0. The summed E-state index contributed by atoms with van der Waals surface area (Å²) in [4.78, 5) is 30.5. The number of carbonyl (C=O) groups excluding carboxylic acids is 2. The molecule has 1 atom stereocenters. The van der Waals surface area contributed by atoms with Gasteiger partial charge in [0.05, 0.1) is 23.6 Å². The molecule has 0 saturated heterocycles. The zero-order chi connectivity index (χ0) is 24.9. The fraction of sp³-hybridized carbons (Fsp3) is 0.0833. The number of fused-ring (bicyclic) bond motifs is 1. The highest BCUT2D eigenvalue weighted by molar-refractivity contribution is 6.31. The average Bonchev–Trinajstić information content (AvgIpc) is 3.38. The highest BCUT2D eigenvalue weighted by atomic mass is 35.5. The molecule has 176 valence electrons. The number of nitrogens with zero attached hydrogens (tertiary/aromatic N) is 3. The van der Waals surface area contributed by atoms with E-state index in [2.05, 4.69) is 20.7 Å². The Bertz CT molecular complexity index is 1500. The molecule has 0 spiro atoms. The molecule has 2 N–H and O–H groups in total. The van der Waals surface area contributed by atoms with Crippen molar-refractivity contribution in [3.63, 3.8) is 0 Å². The van der Waals surface area contributed by atoms with E-state index in [-0.39, 0.29) is 27.0 Å². The summed E-state index contributed by atoms with van der Waals surface area (Å²) in [6.45, 7) is 0. The Labute approximate surface area is 207 Å². The minimum Gasteiger partial charge on any atom is -0.340 e. The summed E-state index contributed by atoms with van der Waals surface area (Å²) in [5.74, 6) is -2.42. The number of nitrogens with one attached hydrogen (secondary N) is 2. The smallest absolute Gasteiger partial charge is 0.271 e. The van der Waals surface area contributed by atoms with Crippen LogP contribution in [0.3, 0.4) is 0 Å². The van der Waals surface area contributed by atoms with Crippen LogP contribution in [-0.4, -0.2) is 26.6 Å². The number of rotatable bonds is 4. The predicted molar refractivity (Wildman–Crippen MR) is 127 cm³/mol. The van der Waals surface area contributed by atoms with Gasteiger partial charge in [0.2, 0.25) is 0 Å². The quantitative estimate of drug-likeness (QED) is 0.394. The van der Waals surface area contributed by atoms with Crippen molar-refractivity contribution in [3.8, 4) is 11.3 Å². The summed E-state index contributed by atoms with van der Waals surface area (Å²) >= 11 is 12.2. The largest absolute Gasteiger partial charge is 0.340 e. The number of hydrogen-bond donors (Lipinski definition) is 2. The number of aromatic nitrogens is 3. The number of pyridine rings is 1. The Balaban J connectivity index is 1.67. The van der Waals surface area contributed by atoms with Crippen LogP contribution in [0, 0.1) is 11.6 Å². The van der Waals surface area contributed by atoms with Gasteiger partial charge in [-0.3, -0.25) is 14.3 Å². The third-order valence-corrected chi connectivity index (χ3v) is 6.04. The number of hydrogen-bond acceptors (Lipinski definition) is 4. The van der Waals surface area contributed by atoms with Gasteiger partial charge in [-0.2, -0.15) is 5.10 Å². The molecule has 0 radical (unpaired) electrons. The lowest BCUT2D eigenvalue weighted by molar-refractivity contribution is 0.0955. The molecule has 0 unspecified atom stereocenters. The zero-order valence-electron chi connectivity index (χ0n) is 17.9. The first kappa shape index (κ1) is 22.9. The van der Waals surface area contributed by atoms with Crippen molar-refractivity contribution < 1.29 is 18.4 Å². The van der Waals surface area contributed by atoms with E-state index in [0.29, 0.717) is 22.4 Å². The standard InChI is InChI=1S/C24H15Cl2F2N5O2/c1-33-10-12(9-29-33)18-8-19(31-23(34)11-4-13(25)6-15(28)5-11)20-21(32-24(35)22(20)30-18)16-7-14(27)2-3-17(16)26/h2-10,21H,1H3,(H,32,35)(H,30,31,34)/t21-/m1/s1. The highest BCUT2D eigenvalue weighted by Gasteiger charge is 2.36. The van der Waals surface area contributed by atoms with Crippen molar-refractivity contribution in [2.45, 2.75) is 6.04 Å². The lowest BCUT2D eigenvalue weighted by Gasteiger charge is -2.18. The van der Waals surface area contributed by atoms with Crippen LogP contribution in [0.15, 0.2) is 54.9 Å². The number of benzene rings is 2. The number of aryl methyl sites for hydroxylation is 1. The molecular formula is C24H15Cl2F2N5O2. The summed E-state index contributed by atoms with van der Waals surface area (Å²) in [6.07, 6.45) is 3.25. The van der Waals surface area contributed by atoms with Gasteiger partial charge in [-0.25, -0.2) is 13.8 Å². The molecule has 2 aromatic carbocycles. The van der Waals surface area contributed by atoms with Crippen LogP contribution in [0.25, 0.3) is 11.3 Å². The fourth-order valence-electron chi connectivity index (χ4n) is 3.95. The van der Waals surface area contributed by atoms with Gasteiger partial charge in [-0.15, -0.1) is 0 Å². The van der Waals surface area contributed by atoms with Gasteiger partial charge in [0.15, 0.2) is 0 Å². The number of halogens is 4. The minimum absolute atomic E-state index is 0.0267. The van der Waals surface area contributed by atoms with E-state index in [0.717, 1.165) is 12.1 Å². The van der Waals surface area contributed by atoms with Crippen molar-refractivity contribution >= 4 is 40.7 Å². The van der Waals surface area contributed by atoms with E-state index >= 15 is 0 Å². The Kier molecular flexibility index (Phi) is 5.74. The van der Waals surface area contributed by atoms with Gasteiger partial charge in [0.25, 0.3) is 11.8 Å². The second kappa shape index (κ2) is 8.75. The molecule has 0 aliphatic carbocycles. The molecule has 0 bridgehead atoms. The molecule has 35 heavy (non-hydrogen) atoms. The van der Waals surface area contributed by atoms with Crippen molar-refractivity contribution in [1.29, 1.82) is 0 Å². The van der Waals surface area contributed by atoms with Gasteiger partial charge < -0.3 is 10.6 Å². The highest BCUT2D eigenvalue weighted by Crippen LogP contribution is 2.40. The van der Waals surface area contributed by atoms with E-state index in [9.17, 15) is 18.4 Å². The van der Waals surface area contributed by atoms with Gasteiger partial charge in [-0.1, -0.05) is 23.2 Å². The van der Waals surface area contributed by atoms with Crippen molar-refractivity contribution in [2.75, 3.05) is 5.32 Å². The molecule has 1 aliphatic heterocycles. The van der Waals surface area contributed by atoms with Crippen LogP contribution in [-0.2, 0) is 7.05 Å². The molecular weight excluding hydrogens is 499 g/mol. The summed E-state index contributed by atoms with van der Waals surface area (Å²) in [5.41, 5.74) is 1.77. The van der Waals surface area contributed by atoms with E-state index in [1.54, 1.807) is 30.2 Å². The first-order valence-electron chi connectivity index (χ1n) is 10.3. The van der Waals surface area contributed by atoms with E-state index in [1.165, 1.54) is 24.3 Å². The van der Waals surface area contributed by atoms with Crippen LogP contribution in [0.1, 0.15) is 38.0 Å². The topological polar surface area (TPSA) is 88.9 Å². The summed E-state index contributed by atoms with van der Waals surface area (Å²) in [5, 5.41) is 9.86. The van der Waals surface area contributed by atoms with Gasteiger partial charge in [0.1, 0.15) is 17.3 Å². The third kappa shape index (κ3) is 4.36. The maximum Gasteiger partial charge on any atom is 0.271 e. The second-order valence-corrected chi connectivity index (χ2v) is 8.75. The number of amides is 2. The maximum absolute atomic E-state index is 14.1. The Hall–Kier alpha value is -3.82. The Morgan fingerprint density at radius 3 is 2.63 bits per heavy atom. The predicted octanol–water partition coefficient (Wildman–Crippen LogP) is 5.15. The summed E-state index contributed by atoms with van der Waals surface area (Å²) in [7, 11) is 1.72. The summed E-state index contributed by atoms with van der Waals surface area (Å²) < 4.78 is 29.5. The van der Waals surface area contributed by atoms with Crippen LogP contribution in [0.4, 0.5) is 14.5 Å². The fourth-order valence-corrected chi connectivity index (χ4v) is 4.39. The molecule has 2 amide bonds. The third-order valence-electron chi connectivity index (χ3n) is 5.48. The first-order chi connectivity index (χ1) is 16.7. The minimum atomic E-state index is -0.887. The van der Waals surface area contributed by atoms with Crippen molar-refractivity contribution in [2.24, 2.45) is 7.05 Å². The SMILES string of the molecule is Cn1cc(-c2cc(NC(=O)c3cc(F)cc(Cl)c3)c3c(n2)C(=O)N[C@@H]3c2cc(F)ccc2Cl)cn1. The molecule has 1 aliphatic rings. The molecule has 5 rings (SSSR count). The lowest BCUT2D eigenvalue weighted by atomic mass is 9.97. The van der Waals surface area contributed by atoms with Crippen LogP contribution >= 0.6 is 23.2 Å². The molecule has 11 heteroatoms. The van der Waals surface area contributed by atoms with Gasteiger partial charge in [0, 0.05) is 45.5 Å². The number of carbonyl (C=O) groups is 2. The van der Waals surface area contributed by atoms with E-state index in [1.807, 2.05) is 0 Å². The normalized spacial score (nSPS) is 14.5. The van der Waals surface area contributed by atoms with Crippen molar-refractivity contribution in [3.05, 3.63) is 98.9 Å². The van der Waals surface area contributed by atoms with E-state index < -0.39 is 29.5 Å². The molecule has 3 heterocycles. The average molecular weight is 514 g/mol. The molecule has 0 saturated carbocycles. The monoisotopic (exact) mass is 513 g/mol. The Morgan fingerprint density at radius 1 is 1.11 bits per heavy atom. The second-order valence-electron chi connectivity index (χ2n) is 7.90. The molecule has 7 nitrogen and oxygen atoms in total. The van der Waals surface area contributed by atoms with Crippen LogP contribution in [0.5, 0.6) is 0 Å². The van der Waals surface area contributed by atoms with Gasteiger partial charge >= 0.3 is 0 Å². The molecule has 2 aromatic heterocycles.